The van der Waals surface area contributed by atoms with E-state index in [0.717, 1.165) is 18.8 Å². The molecule has 11 heteroatoms. The normalized spacial score (nSPS) is 18.2. The summed E-state index contributed by atoms with van der Waals surface area (Å²) in [6.45, 7) is 0.298. The molecule has 0 radical (unpaired) electrons. The lowest BCUT2D eigenvalue weighted by atomic mass is 10.0. The van der Waals surface area contributed by atoms with Gasteiger partial charge < -0.3 is 16.0 Å². The van der Waals surface area contributed by atoms with Gasteiger partial charge >= 0.3 is 6.18 Å². The van der Waals surface area contributed by atoms with Gasteiger partial charge in [-0.25, -0.2) is 8.42 Å². The standard InChI is InChI=1S/C19H25F3N4O3S/c1-24-17(19(20,21)22)16(11-23)25-15-5-3-13(4-6-15)12-26(2)18(27)14-7-9-30(28,29)10-8-14/h3-6,11,14,25H,7-10,12,23H2,1-2H3. The second kappa shape index (κ2) is 9.50. The Morgan fingerprint density at radius 1 is 1.27 bits per heavy atom. The third kappa shape index (κ3) is 6.22. The zero-order valence-electron chi connectivity index (χ0n) is 16.7. The Labute approximate surface area is 173 Å². The van der Waals surface area contributed by atoms with E-state index >= 15 is 0 Å². The van der Waals surface area contributed by atoms with Crippen molar-refractivity contribution in [3.8, 4) is 0 Å². The molecule has 0 aromatic heterocycles. The van der Waals surface area contributed by atoms with Crippen molar-refractivity contribution < 1.29 is 26.4 Å². The summed E-state index contributed by atoms with van der Waals surface area (Å²) in [5.41, 5.74) is 5.00. The van der Waals surface area contributed by atoms with E-state index in [1.807, 2.05) is 0 Å². The molecule has 0 bridgehead atoms. The third-order valence-corrected chi connectivity index (χ3v) is 6.56. The van der Waals surface area contributed by atoms with Crippen LogP contribution in [0.4, 0.5) is 18.9 Å². The smallest absolute Gasteiger partial charge is 0.403 e. The average Bonchev–Trinajstić information content (AvgIpc) is 2.67. The van der Waals surface area contributed by atoms with Crippen LogP contribution in [0, 0.1) is 5.92 Å². The number of carbonyl (C=O) groups excluding carboxylic acids is 1. The maximum Gasteiger partial charge on any atom is 0.435 e. The number of hydrogen-bond donors (Lipinski definition) is 2. The first-order valence-electron chi connectivity index (χ1n) is 9.24. The lowest BCUT2D eigenvalue weighted by molar-refractivity contribution is -0.135. The molecule has 166 valence electrons. The third-order valence-electron chi connectivity index (χ3n) is 4.85. The van der Waals surface area contributed by atoms with E-state index in [1.54, 1.807) is 31.3 Å². The zero-order valence-corrected chi connectivity index (χ0v) is 17.6. The number of amides is 1. The molecule has 1 aromatic rings. The molecule has 0 spiro atoms. The molecular formula is C19H25F3N4O3S. The summed E-state index contributed by atoms with van der Waals surface area (Å²) in [4.78, 5) is 17.3. The average molecular weight is 446 g/mol. The van der Waals surface area contributed by atoms with Crippen LogP contribution >= 0.6 is 0 Å². The summed E-state index contributed by atoms with van der Waals surface area (Å²) in [5.74, 6) is -0.384. The topological polar surface area (TPSA) is 105 Å². The van der Waals surface area contributed by atoms with Crippen LogP contribution in [0.3, 0.4) is 0 Å². The summed E-state index contributed by atoms with van der Waals surface area (Å²) < 4.78 is 62.0. The molecule has 1 aliphatic heterocycles. The highest BCUT2D eigenvalue weighted by molar-refractivity contribution is 7.91. The summed E-state index contributed by atoms with van der Waals surface area (Å²) in [7, 11) is -0.366. The van der Waals surface area contributed by atoms with E-state index in [2.05, 4.69) is 10.3 Å². The lowest BCUT2D eigenvalue weighted by Crippen LogP contribution is -2.37. The molecule has 0 saturated carbocycles. The van der Waals surface area contributed by atoms with Crippen LogP contribution in [-0.2, 0) is 21.2 Å². The fraction of sp³-hybridized carbons (Fsp3) is 0.474. The number of hydrogen-bond acceptors (Lipinski definition) is 6. The van der Waals surface area contributed by atoms with E-state index < -0.39 is 21.7 Å². The number of nitrogens with one attached hydrogen (secondary N) is 1. The molecule has 2 rings (SSSR count). The minimum atomic E-state index is -4.64. The number of allylic oxidation sites excluding steroid dienone is 1. The van der Waals surface area contributed by atoms with E-state index in [1.165, 1.54) is 4.90 Å². The quantitative estimate of drug-likeness (QED) is 0.653. The van der Waals surface area contributed by atoms with Gasteiger partial charge in [0.05, 0.1) is 17.2 Å². The molecule has 0 unspecified atom stereocenters. The Bertz CT molecular complexity index is 911. The van der Waals surface area contributed by atoms with Gasteiger partial charge in [-0.05, 0) is 30.5 Å². The highest BCUT2D eigenvalue weighted by Gasteiger charge is 2.37. The van der Waals surface area contributed by atoms with Crippen molar-refractivity contribution in [3.63, 3.8) is 0 Å². The van der Waals surface area contributed by atoms with Crippen molar-refractivity contribution in [1.29, 1.82) is 0 Å². The Hall–Kier alpha value is -2.56. The minimum absolute atomic E-state index is 0.0234. The van der Waals surface area contributed by atoms with Gasteiger partial charge in [-0.1, -0.05) is 12.1 Å². The number of alkyl halides is 3. The number of aliphatic imine (C=N–C) groups is 1. The second-order valence-corrected chi connectivity index (χ2v) is 9.40. The van der Waals surface area contributed by atoms with Crippen LogP contribution < -0.4 is 11.1 Å². The van der Waals surface area contributed by atoms with Crippen LogP contribution in [0.1, 0.15) is 18.4 Å². The van der Waals surface area contributed by atoms with Crippen molar-refractivity contribution in [2.24, 2.45) is 16.6 Å². The molecule has 1 amide bonds. The SMILES string of the molecule is CN=C(C(=CN)Nc1ccc(CN(C)C(=O)C2CCS(=O)(=O)CC2)cc1)C(F)(F)F. The van der Waals surface area contributed by atoms with Gasteiger partial charge in [0.25, 0.3) is 0 Å². The predicted molar refractivity (Wildman–Crippen MR) is 110 cm³/mol. The van der Waals surface area contributed by atoms with Gasteiger partial charge in [0.1, 0.15) is 9.84 Å². The molecule has 1 saturated heterocycles. The highest BCUT2D eigenvalue weighted by atomic mass is 32.2. The maximum atomic E-state index is 13.0. The van der Waals surface area contributed by atoms with Gasteiger partial charge in [0.2, 0.25) is 5.91 Å². The molecule has 1 fully saturated rings. The first-order valence-corrected chi connectivity index (χ1v) is 11.1. The Morgan fingerprint density at radius 3 is 2.30 bits per heavy atom. The molecule has 3 N–H and O–H groups in total. The Kier molecular flexibility index (Phi) is 7.51. The first-order chi connectivity index (χ1) is 14.0. The van der Waals surface area contributed by atoms with Crippen LogP contribution in [0.2, 0.25) is 0 Å². The molecule has 7 nitrogen and oxygen atoms in total. The van der Waals surface area contributed by atoms with Gasteiger partial charge in [0, 0.05) is 38.4 Å². The maximum absolute atomic E-state index is 13.0. The second-order valence-electron chi connectivity index (χ2n) is 7.09. The summed E-state index contributed by atoms with van der Waals surface area (Å²) in [6.07, 6.45) is -3.19. The molecule has 0 aliphatic carbocycles. The summed E-state index contributed by atoms with van der Waals surface area (Å²) in [5, 5.41) is 2.60. The van der Waals surface area contributed by atoms with Gasteiger partial charge in [-0.15, -0.1) is 0 Å². The van der Waals surface area contributed by atoms with Crippen molar-refractivity contribution in [2.75, 3.05) is 30.9 Å². The van der Waals surface area contributed by atoms with Gasteiger partial charge in [-0.2, -0.15) is 13.2 Å². The predicted octanol–water partition coefficient (Wildman–Crippen LogP) is 2.31. The van der Waals surface area contributed by atoms with E-state index in [4.69, 9.17) is 5.73 Å². The summed E-state index contributed by atoms with van der Waals surface area (Å²) >= 11 is 0. The van der Waals surface area contributed by atoms with Crippen LogP contribution in [0.5, 0.6) is 0 Å². The van der Waals surface area contributed by atoms with E-state index in [9.17, 15) is 26.4 Å². The number of nitrogens with two attached hydrogens (primary N) is 1. The molecule has 30 heavy (non-hydrogen) atoms. The van der Waals surface area contributed by atoms with Crippen LogP contribution in [-0.4, -0.2) is 56.7 Å². The van der Waals surface area contributed by atoms with E-state index in [-0.39, 0.29) is 29.0 Å². The van der Waals surface area contributed by atoms with Crippen LogP contribution in [0.15, 0.2) is 41.2 Å². The molecule has 1 aromatic carbocycles. The number of halogens is 3. The van der Waals surface area contributed by atoms with Crippen molar-refractivity contribution in [2.45, 2.75) is 25.6 Å². The van der Waals surface area contributed by atoms with Crippen molar-refractivity contribution in [3.05, 3.63) is 41.7 Å². The fourth-order valence-electron chi connectivity index (χ4n) is 3.23. The molecule has 0 atom stereocenters. The Balaban J connectivity index is 1.99. The zero-order chi connectivity index (χ0) is 22.5. The number of nitrogens with zero attached hydrogens (tertiary/aromatic N) is 2. The van der Waals surface area contributed by atoms with Gasteiger partial charge in [-0.3, -0.25) is 9.79 Å². The molecular weight excluding hydrogens is 421 g/mol. The van der Waals surface area contributed by atoms with Gasteiger partial charge in [0.15, 0.2) is 5.71 Å². The number of carbonyl (C=O) groups is 1. The fourth-order valence-corrected chi connectivity index (χ4v) is 4.72. The minimum Gasteiger partial charge on any atom is -0.403 e. The van der Waals surface area contributed by atoms with Crippen molar-refractivity contribution in [1.82, 2.24) is 4.90 Å². The molecule has 1 aliphatic rings. The number of benzene rings is 1. The molecule has 1 heterocycles. The number of anilines is 1. The van der Waals surface area contributed by atoms with Crippen molar-refractivity contribution >= 4 is 27.1 Å². The largest absolute Gasteiger partial charge is 0.435 e. The summed E-state index contributed by atoms with van der Waals surface area (Å²) in [6, 6.07) is 6.52. The Morgan fingerprint density at radius 2 is 1.83 bits per heavy atom. The number of rotatable bonds is 6. The van der Waals surface area contributed by atoms with E-state index in [0.29, 0.717) is 25.1 Å². The lowest BCUT2D eigenvalue weighted by Gasteiger charge is -2.26. The highest BCUT2D eigenvalue weighted by Crippen LogP contribution is 2.24. The van der Waals surface area contributed by atoms with Crippen LogP contribution in [0.25, 0.3) is 0 Å². The first kappa shape index (κ1) is 23.7. The number of sulfone groups is 1. The monoisotopic (exact) mass is 446 g/mol.